The van der Waals surface area contributed by atoms with Gasteiger partial charge in [0.1, 0.15) is 11.9 Å². The van der Waals surface area contributed by atoms with E-state index in [4.69, 9.17) is 9.47 Å². The predicted molar refractivity (Wildman–Crippen MR) is 61.5 cm³/mol. The van der Waals surface area contributed by atoms with E-state index < -0.39 is 6.10 Å². The summed E-state index contributed by atoms with van der Waals surface area (Å²) in [5, 5.41) is 9.63. The van der Waals surface area contributed by atoms with Crippen LogP contribution in [0.4, 0.5) is 0 Å². The fourth-order valence-electron chi connectivity index (χ4n) is 1.91. The molecule has 0 amide bonds. The third-order valence-corrected chi connectivity index (χ3v) is 2.83. The molecule has 3 nitrogen and oxygen atoms in total. The summed E-state index contributed by atoms with van der Waals surface area (Å²) in [5.41, 5.74) is 0.856. The molecule has 1 atom stereocenters. The fraction of sp³-hybridized carbons (Fsp3) is 0.538. The van der Waals surface area contributed by atoms with Crippen LogP contribution in [-0.2, 0) is 4.74 Å². The molecular formula is C13H18O3. The van der Waals surface area contributed by atoms with Crippen molar-refractivity contribution in [3.05, 3.63) is 29.8 Å². The first-order valence-electron chi connectivity index (χ1n) is 5.79. The van der Waals surface area contributed by atoms with E-state index in [-0.39, 0.29) is 6.10 Å². The van der Waals surface area contributed by atoms with Crippen LogP contribution in [0.2, 0.25) is 0 Å². The highest BCUT2D eigenvalue weighted by atomic mass is 16.5. The molecule has 0 bridgehead atoms. The summed E-state index contributed by atoms with van der Waals surface area (Å²) in [6.45, 7) is 3.29. The maximum absolute atomic E-state index is 9.63. The zero-order valence-electron chi connectivity index (χ0n) is 9.56. The van der Waals surface area contributed by atoms with E-state index in [0.29, 0.717) is 0 Å². The largest absolute Gasteiger partial charge is 0.490 e. The first-order chi connectivity index (χ1) is 7.77. The Morgan fingerprint density at radius 1 is 1.31 bits per heavy atom. The summed E-state index contributed by atoms with van der Waals surface area (Å²) in [6, 6.07) is 7.66. The minimum atomic E-state index is -0.490. The third kappa shape index (κ3) is 2.74. The average molecular weight is 222 g/mol. The van der Waals surface area contributed by atoms with Crippen molar-refractivity contribution in [2.24, 2.45) is 0 Å². The van der Waals surface area contributed by atoms with Crippen LogP contribution in [0.25, 0.3) is 0 Å². The lowest BCUT2D eigenvalue weighted by Crippen LogP contribution is -2.26. The molecule has 1 aromatic carbocycles. The van der Waals surface area contributed by atoms with Crippen LogP contribution in [0.15, 0.2) is 24.3 Å². The minimum Gasteiger partial charge on any atom is -0.490 e. The van der Waals surface area contributed by atoms with Crippen molar-refractivity contribution in [1.29, 1.82) is 0 Å². The van der Waals surface area contributed by atoms with Gasteiger partial charge in [-0.15, -0.1) is 0 Å². The van der Waals surface area contributed by atoms with E-state index in [1.165, 1.54) is 0 Å². The Balaban J connectivity index is 2.07. The fourth-order valence-corrected chi connectivity index (χ4v) is 1.91. The van der Waals surface area contributed by atoms with Crippen molar-refractivity contribution in [1.82, 2.24) is 0 Å². The standard InChI is InChI=1S/C13H18O3/c1-10(14)12-4-2-3-5-13(12)16-11-6-8-15-9-7-11/h2-5,10-11,14H,6-9H2,1H3. The van der Waals surface area contributed by atoms with Crippen molar-refractivity contribution < 1.29 is 14.6 Å². The van der Waals surface area contributed by atoms with Crippen molar-refractivity contribution in [3.63, 3.8) is 0 Å². The van der Waals surface area contributed by atoms with E-state index in [1.54, 1.807) is 6.92 Å². The highest BCUT2D eigenvalue weighted by Gasteiger charge is 2.17. The Kier molecular flexibility index (Phi) is 3.80. The second-order valence-corrected chi connectivity index (χ2v) is 4.14. The summed E-state index contributed by atoms with van der Waals surface area (Å²) < 4.78 is 11.2. The third-order valence-electron chi connectivity index (χ3n) is 2.83. The number of hydrogen-bond donors (Lipinski definition) is 1. The molecule has 88 valence electrons. The van der Waals surface area contributed by atoms with Crippen LogP contribution >= 0.6 is 0 Å². The summed E-state index contributed by atoms with van der Waals surface area (Å²) in [5.74, 6) is 0.796. The normalized spacial score (nSPS) is 19.4. The van der Waals surface area contributed by atoms with E-state index in [1.807, 2.05) is 24.3 Å². The molecule has 1 heterocycles. The van der Waals surface area contributed by atoms with Crippen LogP contribution in [0.1, 0.15) is 31.4 Å². The number of ether oxygens (including phenoxy) is 2. The quantitative estimate of drug-likeness (QED) is 0.852. The molecule has 1 aromatic rings. The Morgan fingerprint density at radius 3 is 2.69 bits per heavy atom. The van der Waals surface area contributed by atoms with Crippen molar-refractivity contribution in [3.8, 4) is 5.75 Å². The van der Waals surface area contributed by atoms with Gasteiger partial charge in [-0.1, -0.05) is 18.2 Å². The molecule has 0 aliphatic carbocycles. The number of aliphatic hydroxyl groups excluding tert-OH is 1. The molecule has 1 unspecified atom stereocenters. The lowest BCUT2D eigenvalue weighted by molar-refractivity contribution is 0.0242. The molecule has 1 fully saturated rings. The van der Waals surface area contributed by atoms with Gasteiger partial charge in [0.05, 0.1) is 19.3 Å². The van der Waals surface area contributed by atoms with E-state index in [9.17, 15) is 5.11 Å². The molecule has 1 saturated heterocycles. The topological polar surface area (TPSA) is 38.7 Å². The highest BCUT2D eigenvalue weighted by Crippen LogP contribution is 2.27. The number of rotatable bonds is 3. The lowest BCUT2D eigenvalue weighted by atomic mass is 10.1. The summed E-state index contributed by atoms with van der Waals surface area (Å²) in [6.07, 6.45) is 1.58. The molecule has 1 N–H and O–H groups in total. The van der Waals surface area contributed by atoms with E-state index in [2.05, 4.69) is 0 Å². The number of aliphatic hydroxyl groups is 1. The monoisotopic (exact) mass is 222 g/mol. The second-order valence-electron chi connectivity index (χ2n) is 4.14. The molecule has 3 heteroatoms. The highest BCUT2D eigenvalue weighted by molar-refractivity contribution is 5.34. The Bertz CT molecular complexity index is 330. The number of hydrogen-bond acceptors (Lipinski definition) is 3. The molecular weight excluding hydrogens is 204 g/mol. The van der Waals surface area contributed by atoms with Crippen molar-refractivity contribution >= 4 is 0 Å². The zero-order valence-corrected chi connectivity index (χ0v) is 9.56. The first kappa shape index (κ1) is 11.4. The van der Waals surface area contributed by atoms with Crippen LogP contribution in [0, 0.1) is 0 Å². The lowest BCUT2D eigenvalue weighted by Gasteiger charge is -2.25. The zero-order chi connectivity index (χ0) is 11.4. The summed E-state index contributed by atoms with van der Waals surface area (Å²) in [4.78, 5) is 0. The smallest absolute Gasteiger partial charge is 0.125 e. The maximum atomic E-state index is 9.63. The molecule has 0 aromatic heterocycles. The Labute approximate surface area is 96.0 Å². The molecule has 0 radical (unpaired) electrons. The maximum Gasteiger partial charge on any atom is 0.125 e. The van der Waals surface area contributed by atoms with Gasteiger partial charge in [-0.05, 0) is 13.0 Å². The van der Waals surface area contributed by atoms with Gasteiger partial charge >= 0.3 is 0 Å². The second kappa shape index (κ2) is 5.32. The Morgan fingerprint density at radius 2 is 2.00 bits per heavy atom. The van der Waals surface area contributed by atoms with Crippen LogP contribution in [-0.4, -0.2) is 24.4 Å². The first-order valence-corrected chi connectivity index (χ1v) is 5.79. The van der Waals surface area contributed by atoms with Gasteiger partial charge in [0, 0.05) is 18.4 Å². The molecule has 1 aliphatic heterocycles. The Hall–Kier alpha value is -1.06. The van der Waals surface area contributed by atoms with Gasteiger partial charge < -0.3 is 14.6 Å². The summed E-state index contributed by atoms with van der Waals surface area (Å²) >= 11 is 0. The van der Waals surface area contributed by atoms with Gasteiger partial charge in [0.15, 0.2) is 0 Å². The van der Waals surface area contributed by atoms with E-state index in [0.717, 1.165) is 37.4 Å². The van der Waals surface area contributed by atoms with E-state index >= 15 is 0 Å². The average Bonchev–Trinajstić information content (AvgIpc) is 2.31. The molecule has 0 spiro atoms. The van der Waals surface area contributed by atoms with Crippen LogP contribution < -0.4 is 4.74 Å². The molecule has 16 heavy (non-hydrogen) atoms. The molecule has 1 aliphatic rings. The van der Waals surface area contributed by atoms with Gasteiger partial charge in [-0.25, -0.2) is 0 Å². The summed E-state index contributed by atoms with van der Waals surface area (Å²) in [7, 11) is 0. The van der Waals surface area contributed by atoms with Gasteiger partial charge in [0.2, 0.25) is 0 Å². The number of benzene rings is 1. The molecule has 0 saturated carbocycles. The van der Waals surface area contributed by atoms with Crippen molar-refractivity contribution in [2.75, 3.05) is 13.2 Å². The van der Waals surface area contributed by atoms with Gasteiger partial charge in [0.25, 0.3) is 0 Å². The van der Waals surface area contributed by atoms with Crippen LogP contribution in [0.5, 0.6) is 5.75 Å². The minimum absolute atomic E-state index is 0.216. The predicted octanol–water partition coefficient (Wildman–Crippen LogP) is 2.30. The molecule has 2 rings (SSSR count). The van der Waals surface area contributed by atoms with Gasteiger partial charge in [-0.3, -0.25) is 0 Å². The van der Waals surface area contributed by atoms with Crippen molar-refractivity contribution in [2.45, 2.75) is 32.0 Å². The van der Waals surface area contributed by atoms with Crippen LogP contribution in [0.3, 0.4) is 0 Å². The number of para-hydroxylation sites is 1. The van der Waals surface area contributed by atoms with Gasteiger partial charge in [-0.2, -0.15) is 0 Å². The SMILES string of the molecule is CC(O)c1ccccc1OC1CCOCC1.